The van der Waals surface area contributed by atoms with Crippen molar-refractivity contribution >= 4 is 5.91 Å². The number of likely N-dealkylation sites (N-methyl/N-ethyl adjacent to an activating group) is 1. The molecule has 0 aromatic heterocycles. The highest BCUT2D eigenvalue weighted by Gasteiger charge is 2.69. The highest BCUT2D eigenvalue weighted by atomic mass is 19.1. The molecule has 1 saturated carbocycles. The molecule has 5 heteroatoms. The van der Waals surface area contributed by atoms with Gasteiger partial charge in [0.25, 0.3) is 0 Å². The fraction of sp³-hybridized carbons (Fsp3) is 0.409. The fourth-order valence-corrected chi connectivity index (χ4v) is 4.29. The summed E-state index contributed by atoms with van der Waals surface area (Å²) in [4.78, 5) is 14.5. The van der Waals surface area contributed by atoms with Crippen LogP contribution in [0, 0.1) is 11.2 Å². The third-order valence-electron chi connectivity index (χ3n) is 6.27. The third kappa shape index (κ3) is 3.44. The van der Waals surface area contributed by atoms with Crippen molar-refractivity contribution in [1.29, 1.82) is 0 Å². The Morgan fingerprint density at radius 3 is 2.48 bits per heavy atom. The van der Waals surface area contributed by atoms with Crippen molar-refractivity contribution in [2.75, 3.05) is 14.1 Å². The normalized spacial score (nSPS) is 25.4. The van der Waals surface area contributed by atoms with Gasteiger partial charge in [-0.05, 0) is 56.6 Å². The Labute approximate surface area is 159 Å². The van der Waals surface area contributed by atoms with Crippen molar-refractivity contribution in [2.45, 2.75) is 37.6 Å². The zero-order chi connectivity index (χ0) is 19.8. The number of phenols is 1. The van der Waals surface area contributed by atoms with Gasteiger partial charge >= 0.3 is 0 Å². The number of rotatable bonds is 7. The second kappa shape index (κ2) is 6.97. The lowest BCUT2D eigenvalue weighted by atomic mass is 9.81. The van der Waals surface area contributed by atoms with Crippen LogP contribution in [0.3, 0.4) is 0 Å². The number of phenolic OH excluding ortho intramolecular Hbond substituents is 1. The average molecular weight is 370 g/mol. The first kappa shape index (κ1) is 19.4. The standard InChI is InChI=1S/C22H27FN2O2/c1-21(16-7-5-4-6-8-16)14-22(21,20(24)27)13-17(25(2)3)11-15-9-10-19(26)18(23)12-15/h4-10,12,17,26H,11,13-14H2,1-3H3,(H2,24,27)/t17-,21?,22?/m0/s1. The molecule has 0 aliphatic heterocycles. The summed E-state index contributed by atoms with van der Waals surface area (Å²) in [5.74, 6) is -1.26. The Balaban J connectivity index is 1.86. The first-order chi connectivity index (χ1) is 12.7. The predicted octanol–water partition coefficient (Wildman–Crippen LogP) is 3.23. The molecule has 4 nitrogen and oxygen atoms in total. The van der Waals surface area contributed by atoms with E-state index in [1.807, 2.05) is 44.4 Å². The van der Waals surface area contributed by atoms with Crippen LogP contribution >= 0.6 is 0 Å². The van der Waals surface area contributed by atoms with Gasteiger partial charge in [-0.2, -0.15) is 0 Å². The summed E-state index contributed by atoms with van der Waals surface area (Å²) in [5, 5.41) is 9.40. The molecule has 0 bridgehead atoms. The van der Waals surface area contributed by atoms with Gasteiger partial charge in [0.2, 0.25) is 5.91 Å². The number of benzene rings is 2. The van der Waals surface area contributed by atoms with Gasteiger partial charge in [-0.15, -0.1) is 0 Å². The minimum Gasteiger partial charge on any atom is -0.505 e. The largest absolute Gasteiger partial charge is 0.505 e. The van der Waals surface area contributed by atoms with E-state index in [0.29, 0.717) is 19.3 Å². The van der Waals surface area contributed by atoms with Crippen LogP contribution in [0.2, 0.25) is 0 Å². The molecule has 1 aliphatic carbocycles. The summed E-state index contributed by atoms with van der Waals surface area (Å²) in [6.45, 7) is 2.10. The second-order valence-electron chi connectivity index (χ2n) is 8.13. The molecule has 3 atom stereocenters. The average Bonchev–Trinajstić information content (AvgIpc) is 3.25. The zero-order valence-corrected chi connectivity index (χ0v) is 16.1. The maximum absolute atomic E-state index is 13.7. The molecule has 1 aliphatic rings. The molecule has 0 radical (unpaired) electrons. The van der Waals surface area contributed by atoms with Crippen LogP contribution < -0.4 is 5.73 Å². The lowest BCUT2D eigenvalue weighted by Gasteiger charge is -2.30. The summed E-state index contributed by atoms with van der Waals surface area (Å²) in [6.07, 6.45) is 1.89. The number of aromatic hydroxyl groups is 1. The molecule has 2 unspecified atom stereocenters. The Bertz CT molecular complexity index is 839. The maximum atomic E-state index is 13.7. The van der Waals surface area contributed by atoms with Crippen molar-refractivity contribution in [3.63, 3.8) is 0 Å². The molecular formula is C22H27FN2O2. The quantitative estimate of drug-likeness (QED) is 0.786. The van der Waals surface area contributed by atoms with E-state index >= 15 is 0 Å². The smallest absolute Gasteiger partial charge is 0.224 e. The number of nitrogens with two attached hydrogens (primary N) is 1. The van der Waals surface area contributed by atoms with E-state index < -0.39 is 11.2 Å². The first-order valence-corrected chi connectivity index (χ1v) is 9.19. The van der Waals surface area contributed by atoms with E-state index in [4.69, 9.17) is 5.73 Å². The highest BCUT2D eigenvalue weighted by molar-refractivity contribution is 5.87. The first-order valence-electron chi connectivity index (χ1n) is 9.19. The third-order valence-corrected chi connectivity index (χ3v) is 6.27. The van der Waals surface area contributed by atoms with Gasteiger partial charge in [-0.1, -0.05) is 43.3 Å². The van der Waals surface area contributed by atoms with Crippen LogP contribution in [-0.2, 0) is 16.6 Å². The SMILES string of the molecule is CN(C)[C@@H](Cc1ccc(O)c(F)c1)CC1(C(N)=O)CC1(C)c1ccccc1. The summed E-state index contributed by atoms with van der Waals surface area (Å²) >= 11 is 0. The van der Waals surface area contributed by atoms with Gasteiger partial charge in [0, 0.05) is 11.5 Å². The molecule has 3 N–H and O–H groups in total. The number of halogens is 1. The van der Waals surface area contributed by atoms with Crippen LogP contribution in [0.1, 0.15) is 30.9 Å². The molecule has 2 aromatic rings. The molecule has 27 heavy (non-hydrogen) atoms. The minimum atomic E-state index is -0.629. The van der Waals surface area contributed by atoms with Gasteiger partial charge in [-0.3, -0.25) is 4.79 Å². The number of nitrogens with zero attached hydrogens (tertiary/aromatic N) is 1. The van der Waals surface area contributed by atoms with Gasteiger partial charge in [0.1, 0.15) is 0 Å². The Kier molecular flexibility index (Phi) is 5.00. The number of primary amides is 1. The Morgan fingerprint density at radius 2 is 1.93 bits per heavy atom. The van der Waals surface area contributed by atoms with Crippen LogP contribution in [0.4, 0.5) is 4.39 Å². The number of hydrogen-bond acceptors (Lipinski definition) is 3. The molecular weight excluding hydrogens is 343 g/mol. The van der Waals surface area contributed by atoms with Crippen LogP contribution in [0.25, 0.3) is 0 Å². The van der Waals surface area contributed by atoms with Gasteiger partial charge in [0.05, 0.1) is 5.41 Å². The second-order valence-corrected chi connectivity index (χ2v) is 8.13. The number of amides is 1. The lowest BCUT2D eigenvalue weighted by molar-refractivity contribution is -0.124. The monoisotopic (exact) mass is 370 g/mol. The van der Waals surface area contributed by atoms with Gasteiger partial charge in [-0.25, -0.2) is 4.39 Å². The molecule has 0 heterocycles. The van der Waals surface area contributed by atoms with Crippen molar-refractivity contribution in [3.8, 4) is 5.75 Å². The molecule has 3 rings (SSSR count). The number of carbonyl (C=O) groups excluding carboxylic acids is 1. The number of hydrogen-bond donors (Lipinski definition) is 2. The summed E-state index contributed by atoms with van der Waals surface area (Å²) in [6, 6.07) is 14.5. The van der Waals surface area contributed by atoms with Gasteiger partial charge in [0.15, 0.2) is 11.6 Å². The summed E-state index contributed by atoms with van der Waals surface area (Å²) in [7, 11) is 3.91. The van der Waals surface area contributed by atoms with Crippen molar-refractivity contribution in [1.82, 2.24) is 4.90 Å². The fourth-order valence-electron chi connectivity index (χ4n) is 4.29. The van der Waals surface area contributed by atoms with E-state index in [-0.39, 0.29) is 23.1 Å². The summed E-state index contributed by atoms with van der Waals surface area (Å²) < 4.78 is 13.7. The molecule has 0 spiro atoms. The highest BCUT2D eigenvalue weighted by Crippen LogP contribution is 2.67. The minimum absolute atomic E-state index is 0.0204. The molecule has 2 aromatic carbocycles. The Morgan fingerprint density at radius 1 is 1.26 bits per heavy atom. The topological polar surface area (TPSA) is 66.6 Å². The molecule has 0 saturated heterocycles. The van der Waals surface area contributed by atoms with Gasteiger partial charge < -0.3 is 15.7 Å². The van der Waals surface area contributed by atoms with Crippen molar-refractivity contribution < 1.29 is 14.3 Å². The van der Waals surface area contributed by atoms with E-state index in [9.17, 15) is 14.3 Å². The molecule has 144 valence electrons. The van der Waals surface area contributed by atoms with E-state index in [0.717, 1.165) is 11.1 Å². The summed E-state index contributed by atoms with van der Waals surface area (Å²) in [5.41, 5.74) is 6.89. The van der Waals surface area contributed by atoms with Crippen LogP contribution in [0.15, 0.2) is 48.5 Å². The molecule has 1 fully saturated rings. The van der Waals surface area contributed by atoms with Crippen LogP contribution in [0.5, 0.6) is 5.75 Å². The van der Waals surface area contributed by atoms with Crippen LogP contribution in [-0.4, -0.2) is 36.1 Å². The molecule has 1 amide bonds. The number of carbonyl (C=O) groups is 1. The lowest BCUT2D eigenvalue weighted by Crippen LogP contribution is -2.40. The Hall–Kier alpha value is -2.40. The zero-order valence-electron chi connectivity index (χ0n) is 16.1. The van der Waals surface area contributed by atoms with Crippen molar-refractivity contribution in [2.24, 2.45) is 11.1 Å². The van der Waals surface area contributed by atoms with E-state index in [2.05, 4.69) is 11.8 Å². The van der Waals surface area contributed by atoms with Crippen molar-refractivity contribution in [3.05, 3.63) is 65.5 Å². The van der Waals surface area contributed by atoms with E-state index in [1.54, 1.807) is 6.07 Å². The van der Waals surface area contributed by atoms with E-state index in [1.165, 1.54) is 12.1 Å². The maximum Gasteiger partial charge on any atom is 0.224 e. The predicted molar refractivity (Wildman–Crippen MR) is 104 cm³/mol.